The smallest absolute Gasteiger partial charge is 0.329 e. The second-order valence-corrected chi connectivity index (χ2v) is 9.51. The highest BCUT2D eigenvalue weighted by Crippen LogP contribution is 2.65. The lowest BCUT2D eigenvalue weighted by Gasteiger charge is -2.66. The number of methoxy groups -OCH3 is 2. The van der Waals surface area contributed by atoms with Crippen molar-refractivity contribution in [2.45, 2.75) is 42.9 Å². The molecule has 1 spiro atoms. The maximum absolute atomic E-state index is 13.4. The molecule has 5 aliphatic rings. The number of piperidine rings is 2. The third kappa shape index (κ3) is 2.41. The van der Waals surface area contributed by atoms with Gasteiger partial charge in [0.05, 0.1) is 44.0 Å². The van der Waals surface area contributed by atoms with E-state index < -0.39 is 53.8 Å². The summed E-state index contributed by atoms with van der Waals surface area (Å²) in [6.07, 6.45) is 0.434. The van der Waals surface area contributed by atoms with Crippen LogP contribution < -0.4 is 14.4 Å². The summed E-state index contributed by atoms with van der Waals surface area (Å²) >= 11 is 0. The zero-order valence-corrected chi connectivity index (χ0v) is 18.3. The van der Waals surface area contributed by atoms with Crippen molar-refractivity contribution in [2.75, 3.05) is 32.3 Å². The third-order valence-electron chi connectivity index (χ3n) is 8.37. The highest BCUT2D eigenvalue weighted by atomic mass is 16.5. The molecular weight excluding hydrogens is 432 g/mol. The van der Waals surface area contributed by atoms with Gasteiger partial charge in [-0.1, -0.05) is 0 Å². The Bertz CT molecular complexity index is 1120. The number of fused-ring (bicyclic) bond motifs is 5. The number of carboxylic acids is 1. The molecule has 1 aromatic carbocycles. The number of hydrogen-bond acceptors (Lipinski definition) is 7. The molecule has 33 heavy (non-hydrogen) atoms. The van der Waals surface area contributed by atoms with Gasteiger partial charge in [0.2, 0.25) is 11.7 Å². The van der Waals surface area contributed by atoms with E-state index in [-0.39, 0.29) is 18.2 Å². The Hall–Kier alpha value is -3.14. The first kappa shape index (κ1) is 20.5. The number of Topliss-reactive ketones (excluding diaryl/α,β-unsaturated/α-hetero) is 1. The number of carbonyl (C=O) groups is 4. The molecule has 1 saturated carbocycles. The lowest BCUT2D eigenvalue weighted by atomic mass is 9.51. The Morgan fingerprint density at radius 2 is 1.91 bits per heavy atom. The normalized spacial score (nSPS) is 35.5. The second-order valence-electron chi connectivity index (χ2n) is 9.51. The van der Waals surface area contributed by atoms with Crippen LogP contribution in [0.15, 0.2) is 12.1 Å². The van der Waals surface area contributed by atoms with E-state index in [1.54, 1.807) is 23.0 Å². The minimum atomic E-state index is -1.14. The summed E-state index contributed by atoms with van der Waals surface area (Å²) < 4.78 is 16.7. The Kier molecular flexibility index (Phi) is 4.15. The van der Waals surface area contributed by atoms with Crippen molar-refractivity contribution >= 4 is 29.3 Å². The van der Waals surface area contributed by atoms with E-state index >= 15 is 0 Å². The van der Waals surface area contributed by atoms with Crippen molar-refractivity contribution in [1.82, 2.24) is 4.90 Å². The van der Waals surface area contributed by atoms with Gasteiger partial charge in [-0.2, -0.15) is 0 Å². The molecule has 6 atom stereocenters. The standard InChI is InChI=1S/C23H24N2O8/c1-31-13-5-10-12(6-14(13)32-2)25-16(26)7-15(33-9-17(27)28)18-11-8-23(19(10)20(18)25)3-4-24(23)22(30)21(11)29/h5-6,11,15,18-20H,3-4,7-9H2,1-2H3,(H,27,28)/t11-,15+,18+,19+,20+,23-/m0/s1. The highest BCUT2D eigenvalue weighted by molar-refractivity contribution is 6.38. The van der Waals surface area contributed by atoms with E-state index in [9.17, 15) is 19.2 Å². The monoisotopic (exact) mass is 456 g/mol. The number of hydrogen-bond donors (Lipinski definition) is 1. The van der Waals surface area contributed by atoms with Crippen LogP contribution in [-0.4, -0.2) is 78.6 Å². The average Bonchev–Trinajstić information content (AvgIpc) is 3.12. The molecule has 0 radical (unpaired) electrons. The van der Waals surface area contributed by atoms with Crippen molar-refractivity contribution in [3.63, 3.8) is 0 Å². The predicted octanol–water partition coefficient (Wildman–Crippen LogP) is 0.566. The Balaban J connectivity index is 1.55. The molecule has 3 saturated heterocycles. The van der Waals surface area contributed by atoms with Gasteiger partial charge >= 0.3 is 5.97 Å². The van der Waals surface area contributed by atoms with Crippen LogP contribution in [0.4, 0.5) is 5.69 Å². The Labute approximate surface area is 189 Å². The SMILES string of the molecule is COc1cc2c(cc1OC)N1C(=O)C[C@@H](OCC(=O)O)[C@@H]3[C@@H]1[C@@H]2[C@@]12CCN1C(=O)C(=O)[C@H]3C2. The summed E-state index contributed by atoms with van der Waals surface area (Å²) in [5.74, 6) is -2.56. The molecule has 1 aromatic rings. The number of anilines is 1. The molecular formula is C23H24N2O8. The molecule has 2 bridgehead atoms. The molecule has 4 fully saturated rings. The van der Waals surface area contributed by atoms with Crippen LogP contribution in [0.25, 0.3) is 0 Å². The van der Waals surface area contributed by atoms with Crippen LogP contribution in [-0.2, 0) is 23.9 Å². The summed E-state index contributed by atoms with van der Waals surface area (Å²) in [6.45, 7) is -0.0484. The minimum Gasteiger partial charge on any atom is -0.493 e. The number of carbonyl (C=O) groups excluding carboxylic acids is 3. The van der Waals surface area contributed by atoms with E-state index in [1.165, 1.54) is 7.11 Å². The van der Waals surface area contributed by atoms with Crippen LogP contribution >= 0.6 is 0 Å². The number of ketones is 1. The van der Waals surface area contributed by atoms with E-state index in [4.69, 9.17) is 19.3 Å². The molecule has 2 amide bonds. The average molecular weight is 456 g/mol. The third-order valence-corrected chi connectivity index (χ3v) is 8.37. The van der Waals surface area contributed by atoms with Gasteiger partial charge in [0.1, 0.15) is 6.61 Å². The van der Waals surface area contributed by atoms with Gasteiger partial charge in [0, 0.05) is 30.4 Å². The Morgan fingerprint density at radius 3 is 2.55 bits per heavy atom. The first-order valence-electron chi connectivity index (χ1n) is 11.1. The predicted molar refractivity (Wildman–Crippen MR) is 111 cm³/mol. The van der Waals surface area contributed by atoms with E-state index in [2.05, 4.69) is 0 Å². The molecule has 6 rings (SSSR count). The summed E-state index contributed by atoms with van der Waals surface area (Å²) in [4.78, 5) is 54.2. The van der Waals surface area contributed by atoms with Crippen LogP contribution in [0.3, 0.4) is 0 Å². The van der Waals surface area contributed by atoms with Gasteiger partial charge in [-0.15, -0.1) is 0 Å². The zero-order chi connectivity index (χ0) is 23.2. The largest absolute Gasteiger partial charge is 0.493 e. The van der Waals surface area contributed by atoms with Crippen molar-refractivity contribution in [3.05, 3.63) is 17.7 Å². The van der Waals surface area contributed by atoms with Crippen LogP contribution in [0.1, 0.15) is 30.7 Å². The fraction of sp³-hybridized carbons (Fsp3) is 0.565. The molecule has 0 unspecified atom stereocenters. The minimum absolute atomic E-state index is 0.0519. The molecule has 4 heterocycles. The zero-order valence-electron chi connectivity index (χ0n) is 18.3. The molecule has 4 aliphatic heterocycles. The van der Waals surface area contributed by atoms with Gasteiger partial charge < -0.3 is 29.1 Å². The van der Waals surface area contributed by atoms with Gasteiger partial charge in [0.15, 0.2) is 11.5 Å². The van der Waals surface area contributed by atoms with E-state index in [0.717, 1.165) is 12.0 Å². The van der Waals surface area contributed by atoms with Crippen molar-refractivity contribution in [2.24, 2.45) is 11.8 Å². The van der Waals surface area contributed by atoms with Gasteiger partial charge in [0.25, 0.3) is 5.91 Å². The number of ether oxygens (including phenoxy) is 3. The first-order valence-corrected chi connectivity index (χ1v) is 11.1. The van der Waals surface area contributed by atoms with Crippen molar-refractivity contribution < 1.29 is 38.5 Å². The summed E-state index contributed by atoms with van der Waals surface area (Å²) in [6, 6.07) is 3.25. The van der Waals surface area contributed by atoms with Gasteiger partial charge in [-0.3, -0.25) is 14.4 Å². The number of nitrogens with zero attached hydrogens (tertiary/aromatic N) is 2. The van der Waals surface area contributed by atoms with Gasteiger partial charge in [-0.05, 0) is 24.5 Å². The molecule has 1 aliphatic carbocycles. The molecule has 174 valence electrons. The topological polar surface area (TPSA) is 123 Å². The maximum atomic E-state index is 13.4. The summed E-state index contributed by atoms with van der Waals surface area (Å²) in [5, 5.41) is 9.16. The highest BCUT2D eigenvalue weighted by Gasteiger charge is 2.72. The van der Waals surface area contributed by atoms with E-state index in [0.29, 0.717) is 30.2 Å². The number of amides is 2. The molecule has 1 N–H and O–H groups in total. The summed E-state index contributed by atoms with van der Waals surface area (Å²) in [7, 11) is 3.07. The quantitative estimate of drug-likeness (QED) is 0.638. The number of benzene rings is 1. The lowest BCUT2D eigenvalue weighted by molar-refractivity contribution is -0.188. The number of aliphatic carboxylic acids is 1. The first-order chi connectivity index (χ1) is 15.8. The van der Waals surface area contributed by atoms with Gasteiger partial charge in [-0.25, -0.2) is 4.79 Å². The Morgan fingerprint density at radius 1 is 1.18 bits per heavy atom. The maximum Gasteiger partial charge on any atom is 0.329 e. The fourth-order valence-electron chi connectivity index (χ4n) is 7.16. The van der Waals surface area contributed by atoms with Crippen LogP contribution in [0, 0.1) is 11.8 Å². The number of carboxylic acid groups (broad SMARTS) is 1. The fourth-order valence-corrected chi connectivity index (χ4v) is 7.16. The van der Waals surface area contributed by atoms with Crippen LogP contribution in [0.5, 0.6) is 11.5 Å². The van der Waals surface area contributed by atoms with Crippen molar-refractivity contribution in [3.8, 4) is 11.5 Å². The van der Waals surface area contributed by atoms with E-state index in [1.807, 2.05) is 6.07 Å². The number of rotatable bonds is 5. The lowest BCUT2D eigenvalue weighted by Crippen LogP contribution is -2.78. The van der Waals surface area contributed by atoms with Crippen LogP contribution in [0.2, 0.25) is 0 Å². The second kappa shape index (κ2) is 6.69. The van der Waals surface area contributed by atoms with Crippen molar-refractivity contribution in [1.29, 1.82) is 0 Å². The molecule has 0 aromatic heterocycles. The summed E-state index contributed by atoms with van der Waals surface area (Å²) in [5.41, 5.74) is 1.04. The molecule has 10 heteroatoms. The molecule has 10 nitrogen and oxygen atoms in total.